The highest BCUT2D eigenvalue weighted by Crippen LogP contribution is 2.28. The third-order valence-corrected chi connectivity index (χ3v) is 2.74. The summed E-state index contributed by atoms with van der Waals surface area (Å²) in [4.78, 5) is 16.4. The lowest BCUT2D eigenvalue weighted by Gasteiger charge is -2.10. The van der Waals surface area contributed by atoms with Crippen LogP contribution in [0.15, 0.2) is 21.2 Å². The number of hydrogen-bond acceptors (Lipinski definition) is 6. The largest absolute Gasteiger partial charge is 0.469 e. The predicted octanol–water partition coefficient (Wildman–Crippen LogP) is 2.74. The highest BCUT2D eigenvalue weighted by Gasteiger charge is 2.25. The Labute approximate surface area is 116 Å². The zero-order valence-corrected chi connectivity index (χ0v) is 11.9. The first kappa shape index (κ1) is 14.3. The highest BCUT2D eigenvalue weighted by molar-refractivity contribution is 5.93. The minimum absolute atomic E-state index is 0.0787. The van der Waals surface area contributed by atoms with Gasteiger partial charge < -0.3 is 18.3 Å². The Morgan fingerprint density at radius 2 is 2.20 bits per heavy atom. The molecule has 0 aliphatic heterocycles. The summed E-state index contributed by atoms with van der Waals surface area (Å²) in [7, 11) is 1.54. The standard InChI is InChI=1S/C14H17NO5/c1-8(7-17-4)19-14(16)13-12(15-10(3)20-13)11-5-6-18-9(11)2/h5-6,8H,7H2,1-4H3. The number of esters is 1. The summed E-state index contributed by atoms with van der Waals surface area (Å²) >= 11 is 0. The fraction of sp³-hybridized carbons (Fsp3) is 0.429. The summed E-state index contributed by atoms with van der Waals surface area (Å²) in [5, 5.41) is 0. The Morgan fingerprint density at radius 3 is 2.80 bits per heavy atom. The van der Waals surface area contributed by atoms with E-state index in [1.807, 2.05) is 0 Å². The van der Waals surface area contributed by atoms with Gasteiger partial charge in [0, 0.05) is 19.6 Å². The van der Waals surface area contributed by atoms with Gasteiger partial charge in [-0.15, -0.1) is 0 Å². The molecule has 20 heavy (non-hydrogen) atoms. The lowest BCUT2D eigenvalue weighted by Crippen LogP contribution is -2.19. The van der Waals surface area contributed by atoms with E-state index in [2.05, 4.69) is 4.98 Å². The molecule has 0 radical (unpaired) electrons. The number of aryl methyl sites for hydroxylation is 2. The molecule has 0 spiro atoms. The first-order valence-electron chi connectivity index (χ1n) is 6.24. The van der Waals surface area contributed by atoms with E-state index in [0.29, 0.717) is 29.5 Å². The molecule has 2 aromatic heterocycles. The number of ether oxygens (including phenoxy) is 2. The van der Waals surface area contributed by atoms with Crippen LogP contribution in [0.2, 0.25) is 0 Å². The number of hydrogen-bond donors (Lipinski definition) is 0. The van der Waals surface area contributed by atoms with Crippen molar-refractivity contribution in [3.8, 4) is 11.3 Å². The number of nitrogens with zero attached hydrogens (tertiary/aromatic N) is 1. The first-order chi connectivity index (χ1) is 9.52. The minimum atomic E-state index is -0.564. The van der Waals surface area contributed by atoms with Crippen molar-refractivity contribution in [2.24, 2.45) is 0 Å². The van der Waals surface area contributed by atoms with Crippen LogP contribution in [0.1, 0.15) is 29.1 Å². The molecule has 1 unspecified atom stereocenters. The van der Waals surface area contributed by atoms with Crippen molar-refractivity contribution in [3.05, 3.63) is 29.7 Å². The lowest BCUT2D eigenvalue weighted by molar-refractivity contribution is 0.00905. The Bertz CT molecular complexity index is 598. The van der Waals surface area contributed by atoms with Crippen LogP contribution in [-0.4, -0.2) is 30.8 Å². The molecule has 0 saturated carbocycles. The van der Waals surface area contributed by atoms with Gasteiger partial charge in [-0.3, -0.25) is 0 Å². The molecule has 1 atom stereocenters. The molecule has 0 amide bonds. The summed E-state index contributed by atoms with van der Waals surface area (Å²) in [5.41, 5.74) is 1.15. The quantitative estimate of drug-likeness (QED) is 0.783. The van der Waals surface area contributed by atoms with Gasteiger partial charge in [-0.2, -0.15) is 0 Å². The van der Waals surface area contributed by atoms with Gasteiger partial charge in [0.2, 0.25) is 5.76 Å². The molecule has 0 saturated heterocycles. The second-order valence-corrected chi connectivity index (χ2v) is 4.47. The number of furan rings is 1. The van der Waals surface area contributed by atoms with E-state index in [1.54, 1.807) is 33.9 Å². The van der Waals surface area contributed by atoms with Gasteiger partial charge in [0.25, 0.3) is 0 Å². The highest BCUT2D eigenvalue weighted by atomic mass is 16.6. The van der Waals surface area contributed by atoms with Crippen LogP contribution in [0, 0.1) is 13.8 Å². The molecule has 108 valence electrons. The Kier molecular flexibility index (Phi) is 4.24. The fourth-order valence-electron chi connectivity index (χ4n) is 1.88. The summed E-state index contributed by atoms with van der Waals surface area (Å²) in [5.74, 6) is 0.574. The van der Waals surface area contributed by atoms with Crippen molar-refractivity contribution in [2.75, 3.05) is 13.7 Å². The van der Waals surface area contributed by atoms with Gasteiger partial charge in [-0.1, -0.05) is 0 Å². The van der Waals surface area contributed by atoms with Crippen LogP contribution in [0.4, 0.5) is 0 Å². The van der Waals surface area contributed by atoms with Gasteiger partial charge in [-0.25, -0.2) is 9.78 Å². The molecule has 2 rings (SSSR count). The average Bonchev–Trinajstić information content (AvgIpc) is 2.95. The topological polar surface area (TPSA) is 74.7 Å². The molecule has 0 bridgehead atoms. The van der Waals surface area contributed by atoms with E-state index in [0.717, 1.165) is 0 Å². The monoisotopic (exact) mass is 279 g/mol. The average molecular weight is 279 g/mol. The third-order valence-electron chi connectivity index (χ3n) is 2.74. The predicted molar refractivity (Wildman–Crippen MR) is 70.4 cm³/mol. The van der Waals surface area contributed by atoms with E-state index < -0.39 is 5.97 Å². The van der Waals surface area contributed by atoms with E-state index in [4.69, 9.17) is 18.3 Å². The molecule has 2 aromatic rings. The van der Waals surface area contributed by atoms with E-state index >= 15 is 0 Å². The van der Waals surface area contributed by atoms with E-state index in [9.17, 15) is 4.79 Å². The van der Waals surface area contributed by atoms with Crippen molar-refractivity contribution in [1.82, 2.24) is 4.98 Å². The van der Waals surface area contributed by atoms with E-state index in [1.165, 1.54) is 6.26 Å². The van der Waals surface area contributed by atoms with Gasteiger partial charge >= 0.3 is 5.97 Å². The number of aromatic nitrogens is 1. The molecule has 0 aromatic carbocycles. The fourth-order valence-corrected chi connectivity index (χ4v) is 1.88. The molecule has 6 nitrogen and oxygen atoms in total. The van der Waals surface area contributed by atoms with Crippen LogP contribution in [0.3, 0.4) is 0 Å². The van der Waals surface area contributed by atoms with Crippen molar-refractivity contribution in [1.29, 1.82) is 0 Å². The van der Waals surface area contributed by atoms with Crippen molar-refractivity contribution in [3.63, 3.8) is 0 Å². The Balaban J connectivity index is 2.29. The summed E-state index contributed by atoms with van der Waals surface area (Å²) in [6.45, 7) is 5.53. The zero-order chi connectivity index (χ0) is 14.7. The van der Waals surface area contributed by atoms with Gasteiger partial charge in [0.05, 0.1) is 12.9 Å². The molecule has 6 heteroatoms. The number of oxazole rings is 1. The first-order valence-corrected chi connectivity index (χ1v) is 6.24. The van der Waals surface area contributed by atoms with Crippen LogP contribution >= 0.6 is 0 Å². The second-order valence-electron chi connectivity index (χ2n) is 4.47. The number of carbonyl (C=O) groups excluding carboxylic acids is 1. The van der Waals surface area contributed by atoms with Crippen LogP contribution in [0.5, 0.6) is 0 Å². The maximum Gasteiger partial charge on any atom is 0.377 e. The molecule has 0 aliphatic carbocycles. The smallest absolute Gasteiger partial charge is 0.377 e. The van der Waals surface area contributed by atoms with Crippen molar-refractivity contribution < 1.29 is 23.1 Å². The van der Waals surface area contributed by atoms with Crippen LogP contribution < -0.4 is 0 Å². The van der Waals surface area contributed by atoms with Gasteiger partial charge in [-0.05, 0) is 19.9 Å². The van der Waals surface area contributed by atoms with Crippen LogP contribution in [-0.2, 0) is 9.47 Å². The maximum absolute atomic E-state index is 12.1. The lowest BCUT2D eigenvalue weighted by atomic mass is 10.1. The van der Waals surface area contributed by atoms with Crippen molar-refractivity contribution >= 4 is 5.97 Å². The zero-order valence-electron chi connectivity index (χ0n) is 11.9. The Morgan fingerprint density at radius 1 is 1.45 bits per heavy atom. The van der Waals surface area contributed by atoms with Crippen LogP contribution in [0.25, 0.3) is 11.3 Å². The number of methoxy groups -OCH3 is 1. The molecule has 0 aliphatic rings. The molecular formula is C14H17NO5. The normalized spacial score (nSPS) is 12.4. The number of rotatable bonds is 5. The van der Waals surface area contributed by atoms with E-state index in [-0.39, 0.29) is 11.9 Å². The van der Waals surface area contributed by atoms with Gasteiger partial charge in [0.15, 0.2) is 5.89 Å². The SMILES string of the molecule is COCC(C)OC(=O)c1oc(C)nc1-c1ccoc1C. The summed E-state index contributed by atoms with van der Waals surface area (Å²) in [6.07, 6.45) is 1.17. The molecule has 0 fully saturated rings. The Hall–Kier alpha value is -2.08. The van der Waals surface area contributed by atoms with Gasteiger partial charge in [0.1, 0.15) is 17.6 Å². The summed E-state index contributed by atoms with van der Waals surface area (Å²) in [6, 6.07) is 1.74. The third kappa shape index (κ3) is 2.91. The van der Waals surface area contributed by atoms with Crippen molar-refractivity contribution in [2.45, 2.75) is 26.9 Å². The minimum Gasteiger partial charge on any atom is -0.469 e. The second kappa shape index (κ2) is 5.92. The summed E-state index contributed by atoms with van der Waals surface area (Å²) < 4.78 is 20.8. The molecular weight excluding hydrogens is 262 g/mol. The molecule has 0 N–H and O–H groups in total. The number of carbonyl (C=O) groups is 1. The molecule has 2 heterocycles. The maximum atomic E-state index is 12.1.